The summed E-state index contributed by atoms with van der Waals surface area (Å²) in [6.07, 6.45) is 1.04. The summed E-state index contributed by atoms with van der Waals surface area (Å²) in [7, 11) is 0. The van der Waals surface area contributed by atoms with Crippen molar-refractivity contribution in [2.75, 3.05) is 17.7 Å². The van der Waals surface area contributed by atoms with Crippen LogP contribution in [0.15, 0.2) is 12.1 Å². The Morgan fingerprint density at radius 3 is 2.60 bits per heavy atom. The maximum atomic E-state index is 12.0. The molecular formula is C15H23ClN2O2. The molecule has 0 aliphatic heterocycles. The van der Waals surface area contributed by atoms with Gasteiger partial charge in [-0.1, -0.05) is 31.9 Å². The second-order valence-electron chi connectivity index (χ2n) is 4.96. The van der Waals surface area contributed by atoms with Crippen LogP contribution in [0.4, 0.5) is 11.4 Å². The molecule has 0 aliphatic rings. The van der Waals surface area contributed by atoms with Crippen molar-refractivity contribution in [1.29, 1.82) is 0 Å². The van der Waals surface area contributed by atoms with E-state index < -0.39 is 5.97 Å². The first-order valence-electron chi connectivity index (χ1n) is 6.93. The van der Waals surface area contributed by atoms with Crippen LogP contribution < -0.4 is 11.1 Å². The zero-order valence-corrected chi connectivity index (χ0v) is 13.3. The molecular weight excluding hydrogens is 276 g/mol. The van der Waals surface area contributed by atoms with Gasteiger partial charge in [0.05, 0.1) is 22.9 Å². The van der Waals surface area contributed by atoms with Crippen LogP contribution >= 0.6 is 11.6 Å². The molecule has 0 saturated carbocycles. The van der Waals surface area contributed by atoms with E-state index in [1.165, 1.54) is 0 Å². The number of esters is 1. The first-order valence-corrected chi connectivity index (χ1v) is 7.31. The number of carbonyl (C=O) groups is 1. The number of anilines is 2. The smallest absolute Gasteiger partial charge is 0.340 e. The first kappa shape index (κ1) is 16.6. The lowest BCUT2D eigenvalue weighted by Crippen LogP contribution is -2.25. The predicted molar refractivity (Wildman–Crippen MR) is 84.4 cm³/mol. The van der Waals surface area contributed by atoms with Gasteiger partial charge < -0.3 is 15.8 Å². The fraction of sp³-hybridized carbons (Fsp3) is 0.533. The Morgan fingerprint density at radius 2 is 2.05 bits per heavy atom. The van der Waals surface area contributed by atoms with Crippen LogP contribution in [0.2, 0.25) is 5.02 Å². The Hall–Kier alpha value is -1.42. The summed E-state index contributed by atoms with van der Waals surface area (Å²) >= 11 is 6.22. The number of hydrogen-bond donors (Lipinski definition) is 2. The Kier molecular flexibility index (Phi) is 6.14. The Labute approximate surface area is 125 Å². The van der Waals surface area contributed by atoms with Gasteiger partial charge in [0, 0.05) is 11.7 Å². The van der Waals surface area contributed by atoms with Gasteiger partial charge in [-0.2, -0.15) is 0 Å². The molecule has 0 fully saturated rings. The highest BCUT2D eigenvalue weighted by atomic mass is 35.5. The van der Waals surface area contributed by atoms with Gasteiger partial charge in [-0.25, -0.2) is 4.79 Å². The highest BCUT2D eigenvalue weighted by Crippen LogP contribution is 2.31. The highest BCUT2D eigenvalue weighted by Gasteiger charge is 2.19. The molecule has 2 unspecified atom stereocenters. The van der Waals surface area contributed by atoms with Crippen LogP contribution in [0, 0.1) is 5.92 Å². The molecule has 1 rings (SSSR count). The van der Waals surface area contributed by atoms with Gasteiger partial charge in [0.25, 0.3) is 0 Å². The van der Waals surface area contributed by atoms with Gasteiger partial charge in [-0.3, -0.25) is 0 Å². The summed E-state index contributed by atoms with van der Waals surface area (Å²) in [6.45, 7) is 8.41. The van der Waals surface area contributed by atoms with Crippen molar-refractivity contribution in [2.24, 2.45) is 5.92 Å². The number of ether oxygens (including phenoxy) is 1. The van der Waals surface area contributed by atoms with Crippen molar-refractivity contribution in [1.82, 2.24) is 0 Å². The molecule has 0 heterocycles. The normalized spacial score (nSPS) is 13.7. The number of nitrogens with one attached hydrogen (secondary N) is 1. The molecule has 1 aromatic carbocycles. The number of halogens is 1. The molecule has 0 aromatic heterocycles. The highest BCUT2D eigenvalue weighted by molar-refractivity contribution is 6.34. The minimum Gasteiger partial charge on any atom is -0.462 e. The molecule has 0 amide bonds. The van der Waals surface area contributed by atoms with Crippen LogP contribution in [0.5, 0.6) is 0 Å². The van der Waals surface area contributed by atoms with Gasteiger partial charge in [0.1, 0.15) is 0 Å². The van der Waals surface area contributed by atoms with E-state index in [4.69, 9.17) is 22.1 Å². The van der Waals surface area contributed by atoms with Gasteiger partial charge >= 0.3 is 5.97 Å². The van der Waals surface area contributed by atoms with E-state index in [1.54, 1.807) is 19.1 Å². The maximum absolute atomic E-state index is 12.0. The maximum Gasteiger partial charge on any atom is 0.340 e. The van der Waals surface area contributed by atoms with Gasteiger partial charge in [-0.15, -0.1) is 0 Å². The third-order valence-corrected chi connectivity index (χ3v) is 3.78. The van der Waals surface area contributed by atoms with E-state index in [2.05, 4.69) is 26.1 Å². The zero-order valence-electron chi connectivity index (χ0n) is 12.5. The number of nitrogens with two attached hydrogens (primary N) is 1. The van der Waals surface area contributed by atoms with Gasteiger partial charge in [0.2, 0.25) is 0 Å². The van der Waals surface area contributed by atoms with Gasteiger partial charge in [-0.05, 0) is 31.9 Å². The molecule has 0 aliphatic carbocycles. The summed E-state index contributed by atoms with van der Waals surface area (Å²) in [5.41, 5.74) is 7.17. The van der Waals surface area contributed by atoms with Crippen molar-refractivity contribution in [3.63, 3.8) is 0 Å². The SMILES string of the molecule is CCOC(=O)c1cc(N)cc(Cl)c1NC(C)C(C)CC. The molecule has 0 saturated heterocycles. The summed E-state index contributed by atoms with van der Waals surface area (Å²) in [4.78, 5) is 12.0. The standard InChI is InChI=1S/C15H23ClN2O2/c1-5-9(3)10(4)18-14-12(15(19)20-6-2)7-11(17)8-13(14)16/h7-10,18H,5-6,17H2,1-4H3. The second-order valence-corrected chi connectivity index (χ2v) is 5.37. The number of benzene rings is 1. The molecule has 112 valence electrons. The summed E-state index contributed by atoms with van der Waals surface area (Å²) in [5.74, 6) is 0.0409. The molecule has 4 nitrogen and oxygen atoms in total. The van der Waals surface area contributed by atoms with Crippen molar-refractivity contribution in [3.05, 3.63) is 22.7 Å². The number of hydrogen-bond acceptors (Lipinski definition) is 4. The molecule has 0 spiro atoms. The van der Waals surface area contributed by atoms with E-state index in [1.807, 2.05) is 0 Å². The largest absolute Gasteiger partial charge is 0.462 e. The average Bonchev–Trinajstić information content (AvgIpc) is 2.40. The average molecular weight is 299 g/mol. The number of rotatable bonds is 6. The minimum absolute atomic E-state index is 0.189. The van der Waals surface area contributed by atoms with Crippen LogP contribution in [-0.4, -0.2) is 18.6 Å². The molecule has 0 bridgehead atoms. The third kappa shape index (κ3) is 4.04. The topological polar surface area (TPSA) is 64.3 Å². The van der Waals surface area contributed by atoms with E-state index in [-0.39, 0.29) is 6.04 Å². The second kappa shape index (κ2) is 7.39. The quantitative estimate of drug-likeness (QED) is 0.616. The summed E-state index contributed by atoms with van der Waals surface area (Å²) < 4.78 is 5.05. The van der Waals surface area contributed by atoms with E-state index in [0.29, 0.717) is 34.5 Å². The van der Waals surface area contributed by atoms with E-state index >= 15 is 0 Å². The Balaban J connectivity index is 3.13. The summed E-state index contributed by atoms with van der Waals surface area (Å²) in [6, 6.07) is 3.42. The van der Waals surface area contributed by atoms with Crippen molar-refractivity contribution in [3.8, 4) is 0 Å². The van der Waals surface area contributed by atoms with Crippen molar-refractivity contribution in [2.45, 2.75) is 40.2 Å². The molecule has 0 radical (unpaired) electrons. The van der Waals surface area contributed by atoms with Crippen LogP contribution in [-0.2, 0) is 4.74 Å². The van der Waals surface area contributed by atoms with E-state index in [9.17, 15) is 4.79 Å². The first-order chi connectivity index (χ1) is 9.40. The lowest BCUT2D eigenvalue weighted by Gasteiger charge is -2.23. The summed E-state index contributed by atoms with van der Waals surface area (Å²) in [5, 5.41) is 3.74. The predicted octanol–water partition coefficient (Wildman–Crippen LogP) is 3.95. The van der Waals surface area contributed by atoms with Gasteiger partial charge in [0.15, 0.2) is 0 Å². The number of carbonyl (C=O) groups excluding carboxylic acids is 1. The molecule has 2 atom stereocenters. The van der Waals surface area contributed by atoms with Crippen LogP contribution in [0.1, 0.15) is 44.5 Å². The molecule has 1 aromatic rings. The Morgan fingerprint density at radius 1 is 1.40 bits per heavy atom. The van der Waals surface area contributed by atoms with Crippen molar-refractivity contribution < 1.29 is 9.53 Å². The lowest BCUT2D eigenvalue weighted by molar-refractivity contribution is 0.0527. The molecule has 5 heteroatoms. The lowest BCUT2D eigenvalue weighted by atomic mass is 10.00. The van der Waals surface area contributed by atoms with Crippen LogP contribution in [0.25, 0.3) is 0 Å². The van der Waals surface area contributed by atoms with Crippen LogP contribution in [0.3, 0.4) is 0 Å². The molecule has 20 heavy (non-hydrogen) atoms. The minimum atomic E-state index is -0.416. The third-order valence-electron chi connectivity index (χ3n) is 3.48. The van der Waals surface area contributed by atoms with Crippen molar-refractivity contribution >= 4 is 28.9 Å². The molecule has 3 N–H and O–H groups in total. The van der Waals surface area contributed by atoms with E-state index in [0.717, 1.165) is 6.42 Å². The fourth-order valence-electron chi connectivity index (χ4n) is 1.87. The fourth-order valence-corrected chi connectivity index (χ4v) is 2.15. The monoisotopic (exact) mass is 298 g/mol. The Bertz CT molecular complexity index is 477. The zero-order chi connectivity index (χ0) is 15.3. The number of nitrogen functional groups attached to an aromatic ring is 1.